The molecule has 6 nitrogen and oxygen atoms in total. The van der Waals surface area contributed by atoms with Gasteiger partial charge in [-0.3, -0.25) is 4.90 Å². The highest BCUT2D eigenvalue weighted by Gasteiger charge is 2.19. The summed E-state index contributed by atoms with van der Waals surface area (Å²) in [6, 6.07) is 21.0. The zero-order valence-corrected chi connectivity index (χ0v) is 21.7. The van der Waals surface area contributed by atoms with Crippen molar-refractivity contribution >= 4 is 22.9 Å². The van der Waals surface area contributed by atoms with Crippen LogP contribution in [0.1, 0.15) is 35.6 Å². The number of carbonyl (C=O) groups is 1. The van der Waals surface area contributed by atoms with E-state index in [1.807, 2.05) is 61.5 Å². The number of carboxylic acids is 1. The molecule has 1 heterocycles. The first kappa shape index (κ1) is 27.5. The lowest BCUT2D eigenvalue weighted by molar-refractivity contribution is -0.131. The minimum absolute atomic E-state index is 0.184. The van der Waals surface area contributed by atoms with E-state index in [-0.39, 0.29) is 18.4 Å². The number of hydrogen-bond acceptors (Lipinski definition) is 6. The molecule has 0 radical (unpaired) electrons. The number of rotatable bonds is 14. The zero-order chi connectivity index (χ0) is 25.9. The molecule has 0 spiro atoms. The number of nitrogens with zero attached hydrogens (tertiary/aromatic N) is 1. The maximum atomic E-state index is 11.0. The molecular formula is C29H35NO5S. The average Bonchev–Trinajstić information content (AvgIpc) is 3.34. The number of aromatic hydroxyl groups is 1. The largest absolute Gasteiger partial charge is 0.508 e. The van der Waals surface area contributed by atoms with Crippen molar-refractivity contribution in [2.24, 2.45) is 0 Å². The van der Waals surface area contributed by atoms with Crippen molar-refractivity contribution < 1.29 is 24.9 Å². The Morgan fingerprint density at radius 2 is 1.78 bits per heavy atom. The number of allylic oxidation sites excluding steroid dienone is 1. The van der Waals surface area contributed by atoms with Gasteiger partial charge in [-0.05, 0) is 74.6 Å². The van der Waals surface area contributed by atoms with E-state index in [0.717, 1.165) is 34.6 Å². The minimum Gasteiger partial charge on any atom is -0.508 e. The van der Waals surface area contributed by atoms with E-state index >= 15 is 0 Å². The van der Waals surface area contributed by atoms with Crippen LogP contribution >= 0.6 is 11.3 Å². The molecule has 7 heteroatoms. The molecule has 1 unspecified atom stereocenters. The van der Waals surface area contributed by atoms with Crippen molar-refractivity contribution in [3.05, 3.63) is 88.1 Å². The van der Waals surface area contributed by atoms with E-state index in [2.05, 4.69) is 17.9 Å². The molecule has 0 saturated carbocycles. The van der Waals surface area contributed by atoms with E-state index in [1.54, 1.807) is 17.4 Å². The van der Waals surface area contributed by atoms with Gasteiger partial charge in [0.15, 0.2) is 0 Å². The molecule has 192 valence electrons. The molecule has 0 bridgehead atoms. The first-order valence-corrected chi connectivity index (χ1v) is 13.0. The third-order valence-corrected chi connectivity index (χ3v) is 7.39. The normalized spacial score (nSPS) is 13.5. The lowest BCUT2D eigenvalue weighted by atomic mass is 10.1. The number of hydrogen-bond donors (Lipinski definition) is 3. The van der Waals surface area contributed by atoms with Crippen LogP contribution in [0, 0.1) is 0 Å². The third-order valence-electron chi connectivity index (χ3n) is 6.11. The van der Waals surface area contributed by atoms with Crippen molar-refractivity contribution in [1.29, 1.82) is 0 Å². The number of ether oxygens (including phenoxy) is 1. The number of aliphatic carboxylic acids is 1. The average molecular weight is 510 g/mol. The lowest BCUT2D eigenvalue weighted by Gasteiger charge is -2.31. The second-order valence-electron chi connectivity index (χ2n) is 8.97. The molecule has 0 saturated heterocycles. The van der Waals surface area contributed by atoms with Gasteiger partial charge in [0, 0.05) is 35.0 Å². The van der Waals surface area contributed by atoms with E-state index < -0.39 is 12.1 Å². The van der Waals surface area contributed by atoms with Gasteiger partial charge in [-0.1, -0.05) is 36.4 Å². The molecule has 0 amide bonds. The van der Waals surface area contributed by atoms with Gasteiger partial charge >= 0.3 is 5.97 Å². The molecule has 1 aromatic heterocycles. The van der Waals surface area contributed by atoms with Crippen LogP contribution in [-0.2, 0) is 17.6 Å². The number of aryl methyl sites for hydroxylation is 1. The standard InChI is InChI=1S/C29H35NO5S/c1-21(18-29(33)34)28-15-14-26(36-28)13-12-22(2)30(17-16-23-8-6-7-11-27(23)32)19-24(31)20-35-25-9-4-3-5-10-25/h3-11,14-15,18,22,24,31-32H,12-13,16-17,19-20H2,1-2H3,(H,33,34)/b21-18+/t22-,24?/m1/s1. The number of aliphatic hydroxyl groups is 1. The quantitative estimate of drug-likeness (QED) is 0.257. The molecule has 0 aliphatic carbocycles. The predicted molar refractivity (Wildman–Crippen MR) is 145 cm³/mol. The van der Waals surface area contributed by atoms with Crippen LogP contribution in [0.3, 0.4) is 0 Å². The molecule has 0 aliphatic rings. The van der Waals surface area contributed by atoms with Gasteiger partial charge in [0.1, 0.15) is 24.2 Å². The second kappa shape index (κ2) is 13.8. The monoisotopic (exact) mass is 509 g/mol. The zero-order valence-electron chi connectivity index (χ0n) is 20.8. The topological polar surface area (TPSA) is 90.2 Å². The molecule has 3 rings (SSSR count). The lowest BCUT2D eigenvalue weighted by Crippen LogP contribution is -2.42. The summed E-state index contributed by atoms with van der Waals surface area (Å²) in [5.74, 6) is 0.0750. The van der Waals surface area contributed by atoms with E-state index in [1.165, 1.54) is 11.0 Å². The van der Waals surface area contributed by atoms with Crippen LogP contribution in [0.25, 0.3) is 5.57 Å². The van der Waals surface area contributed by atoms with Crippen LogP contribution in [0.2, 0.25) is 0 Å². The van der Waals surface area contributed by atoms with Gasteiger partial charge in [0.25, 0.3) is 0 Å². The number of aliphatic hydroxyl groups excluding tert-OH is 1. The highest BCUT2D eigenvalue weighted by molar-refractivity contribution is 7.13. The molecule has 0 aliphatic heterocycles. The van der Waals surface area contributed by atoms with E-state index in [9.17, 15) is 15.0 Å². The smallest absolute Gasteiger partial charge is 0.328 e. The first-order valence-electron chi connectivity index (χ1n) is 12.2. The summed E-state index contributed by atoms with van der Waals surface area (Å²) < 4.78 is 5.75. The van der Waals surface area contributed by atoms with E-state index in [4.69, 9.17) is 9.84 Å². The maximum absolute atomic E-state index is 11.0. The number of phenolic OH excluding ortho intramolecular Hbond substituents is 1. The summed E-state index contributed by atoms with van der Waals surface area (Å²) in [6.45, 7) is 5.31. The van der Waals surface area contributed by atoms with Gasteiger partial charge in [-0.25, -0.2) is 4.79 Å². The van der Waals surface area contributed by atoms with Crippen molar-refractivity contribution in [2.45, 2.75) is 45.3 Å². The fourth-order valence-electron chi connectivity index (χ4n) is 4.02. The Bertz CT molecular complexity index is 1130. The Balaban J connectivity index is 1.61. The Hall–Kier alpha value is -3.13. The van der Waals surface area contributed by atoms with Gasteiger partial charge in [0.2, 0.25) is 0 Å². The van der Waals surface area contributed by atoms with Gasteiger partial charge in [-0.2, -0.15) is 0 Å². The summed E-state index contributed by atoms with van der Waals surface area (Å²) in [7, 11) is 0. The highest BCUT2D eigenvalue weighted by atomic mass is 32.1. The van der Waals surface area contributed by atoms with Crippen LogP contribution in [0.15, 0.2) is 72.8 Å². The van der Waals surface area contributed by atoms with Crippen molar-refractivity contribution in [2.75, 3.05) is 19.7 Å². The fourth-order valence-corrected chi connectivity index (χ4v) is 5.02. The molecule has 2 aromatic carbocycles. The molecule has 2 atom stereocenters. The number of phenols is 1. The van der Waals surface area contributed by atoms with Crippen molar-refractivity contribution in [3.8, 4) is 11.5 Å². The number of carboxylic acid groups (broad SMARTS) is 1. The SMILES string of the molecule is C/C(=C\C(=O)O)c1ccc(CC[C@@H](C)N(CCc2ccccc2O)CC(O)COc2ccccc2)s1. The number of para-hydroxylation sites is 2. The minimum atomic E-state index is -0.939. The Morgan fingerprint density at radius 3 is 2.50 bits per heavy atom. The second-order valence-corrected chi connectivity index (χ2v) is 10.1. The maximum Gasteiger partial charge on any atom is 0.328 e. The highest BCUT2D eigenvalue weighted by Crippen LogP contribution is 2.26. The summed E-state index contributed by atoms with van der Waals surface area (Å²) in [6.07, 6.45) is 2.99. The molecule has 3 N–H and O–H groups in total. The van der Waals surface area contributed by atoms with Crippen LogP contribution in [0.4, 0.5) is 0 Å². The first-order chi connectivity index (χ1) is 17.3. The van der Waals surface area contributed by atoms with Gasteiger partial charge < -0.3 is 20.1 Å². The van der Waals surface area contributed by atoms with Crippen LogP contribution < -0.4 is 4.74 Å². The Morgan fingerprint density at radius 1 is 1.06 bits per heavy atom. The summed E-state index contributed by atoms with van der Waals surface area (Å²) in [5.41, 5.74) is 1.63. The number of thiophene rings is 1. The number of benzene rings is 2. The molecular weight excluding hydrogens is 474 g/mol. The summed E-state index contributed by atoms with van der Waals surface area (Å²) >= 11 is 1.62. The third kappa shape index (κ3) is 8.82. The fraction of sp³-hybridized carbons (Fsp3) is 0.345. The molecule has 36 heavy (non-hydrogen) atoms. The summed E-state index contributed by atoms with van der Waals surface area (Å²) in [4.78, 5) is 15.4. The molecule has 0 fully saturated rings. The van der Waals surface area contributed by atoms with Crippen LogP contribution in [-0.4, -0.2) is 58.0 Å². The van der Waals surface area contributed by atoms with Gasteiger partial charge in [0.05, 0.1) is 0 Å². The van der Waals surface area contributed by atoms with E-state index in [0.29, 0.717) is 19.5 Å². The Kier molecular flexibility index (Phi) is 10.5. The van der Waals surface area contributed by atoms with Gasteiger partial charge in [-0.15, -0.1) is 11.3 Å². The predicted octanol–water partition coefficient (Wildman–Crippen LogP) is 5.25. The summed E-state index contributed by atoms with van der Waals surface area (Å²) in [5, 5.41) is 29.9. The van der Waals surface area contributed by atoms with Crippen molar-refractivity contribution in [1.82, 2.24) is 4.90 Å². The Labute approximate surface area is 217 Å². The molecule has 3 aromatic rings. The van der Waals surface area contributed by atoms with Crippen LogP contribution in [0.5, 0.6) is 11.5 Å². The van der Waals surface area contributed by atoms with Crippen molar-refractivity contribution in [3.63, 3.8) is 0 Å².